The van der Waals surface area contributed by atoms with Crippen LogP contribution in [-0.2, 0) is 21.4 Å². The summed E-state index contributed by atoms with van der Waals surface area (Å²) in [6.07, 6.45) is 0.892. The first-order valence-corrected chi connectivity index (χ1v) is 10.3. The standard InChI is InChI=1S/C18H20ClFN2O5S/c1-26-16-7-4-12(8-17(16)27-2)10-21-18(23)11-22(28(3,24)25)15-6-5-13(19)9-14(15)20/h4-9H,10-11H2,1-3H3,(H,21,23). The maximum Gasteiger partial charge on any atom is 0.241 e. The lowest BCUT2D eigenvalue weighted by molar-refractivity contribution is -0.119. The molecule has 2 aromatic rings. The number of halogens is 2. The third-order valence-electron chi connectivity index (χ3n) is 3.80. The fraction of sp³-hybridized carbons (Fsp3) is 0.278. The van der Waals surface area contributed by atoms with E-state index in [0.717, 1.165) is 17.9 Å². The second-order valence-electron chi connectivity index (χ2n) is 5.83. The van der Waals surface area contributed by atoms with Gasteiger partial charge in [-0.15, -0.1) is 0 Å². The van der Waals surface area contributed by atoms with Crippen molar-refractivity contribution in [2.75, 3.05) is 31.3 Å². The van der Waals surface area contributed by atoms with Crippen molar-refractivity contribution in [1.82, 2.24) is 5.32 Å². The van der Waals surface area contributed by atoms with Gasteiger partial charge in [0.05, 0.1) is 26.2 Å². The Labute approximate surface area is 168 Å². The number of nitrogens with one attached hydrogen (secondary N) is 1. The van der Waals surface area contributed by atoms with Crippen LogP contribution in [0, 0.1) is 5.82 Å². The summed E-state index contributed by atoms with van der Waals surface area (Å²) in [5.74, 6) is -0.408. The van der Waals surface area contributed by atoms with Crippen LogP contribution in [-0.4, -0.2) is 41.3 Å². The number of rotatable bonds is 8. The van der Waals surface area contributed by atoms with E-state index in [-0.39, 0.29) is 17.3 Å². The van der Waals surface area contributed by atoms with E-state index in [4.69, 9.17) is 21.1 Å². The van der Waals surface area contributed by atoms with Gasteiger partial charge in [0.25, 0.3) is 0 Å². The van der Waals surface area contributed by atoms with Crippen LogP contribution in [0.1, 0.15) is 5.56 Å². The van der Waals surface area contributed by atoms with Crippen LogP contribution < -0.4 is 19.1 Å². The van der Waals surface area contributed by atoms with Crippen molar-refractivity contribution >= 4 is 33.2 Å². The molecule has 0 radical (unpaired) electrons. The van der Waals surface area contributed by atoms with Gasteiger partial charge in [0.2, 0.25) is 15.9 Å². The van der Waals surface area contributed by atoms with Crippen LogP contribution in [0.2, 0.25) is 5.02 Å². The van der Waals surface area contributed by atoms with Gasteiger partial charge in [-0.3, -0.25) is 9.10 Å². The second kappa shape index (κ2) is 9.11. The van der Waals surface area contributed by atoms with E-state index in [1.807, 2.05) is 0 Å². The van der Waals surface area contributed by atoms with E-state index in [2.05, 4.69) is 5.32 Å². The molecular formula is C18H20ClFN2O5S. The number of anilines is 1. The van der Waals surface area contributed by atoms with Gasteiger partial charge in [-0.1, -0.05) is 17.7 Å². The van der Waals surface area contributed by atoms with Gasteiger partial charge in [-0.05, 0) is 35.9 Å². The zero-order chi connectivity index (χ0) is 20.9. The number of sulfonamides is 1. The fourth-order valence-corrected chi connectivity index (χ4v) is 3.46. The number of carbonyl (C=O) groups is 1. The highest BCUT2D eigenvalue weighted by atomic mass is 35.5. The molecule has 1 N–H and O–H groups in total. The van der Waals surface area contributed by atoms with Crippen molar-refractivity contribution < 1.29 is 27.1 Å². The van der Waals surface area contributed by atoms with E-state index < -0.39 is 28.3 Å². The zero-order valence-electron chi connectivity index (χ0n) is 15.5. The minimum absolute atomic E-state index is 0.118. The summed E-state index contributed by atoms with van der Waals surface area (Å²) in [5, 5.41) is 2.72. The predicted octanol–water partition coefficient (Wildman–Crippen LogP) is 2.58. The Hall–Kier alpha value is -2.52. The van der Waals surface area contributed by atoms with Crippen molar-refractivity contribution in [2.45, 2.75) is 6.54 Å². The van der Waals surface area contributed by atoms with Crippen molar-refractivity contribution in [3.8, 4) is 11.5 Å². The molecular weight excluding hydrogens is 411 g/mol. The van der Waals surface area contributed by atoms with Gasteiger partial charge in [0.1, 0.15) is 12.4 Å². The lowest BCUT2D eigenvalue weighted by atomic mass is 10.2. The molecule has 7 nitrogen and oxygen atoms in total. The second-order valence-corrected chi connectivity index (χ2v) is 8.17. The van der Waals surface area contributed by atoms with E-state index in [9.17, 15) is 17.6 Å². The van der Waals surface area contributed by atoms with Gasteiger partial charge >= 0.3 is 0 Å². The molecule has 10 heteroatoms. The molecule has 28 heavy (non-hydrogen) atoms. The molecule has 0 aliphatic carbocycles. The quantitative estimate of drug-likeness (QED) is 0.695. The van der Waals surface area contributed by atoms with Gasteiger partial charge < -0.3 is 14.8 Å². The topological polar surface area (TPSA) is 84.9 Å². The maximum absolute atomic E-state index is 14.1. The monoisotopic (exact) mass is 430 g/mol. The van der Waals surface area contributed by atoms with Crippen LogP contribution in [0.15, 0.2) is 36.4 Å². The molecule has 0 heterocycles. The van der Waals surface area contributed by atoms with Crippen LogP contribution in [0.4, 0.5) is 10.1 Å². The Morgan fingerprint density at radius 1 is 1.14 bits per heavy atom. The third kappa shape index (κ3) is 5.49. The number of methoxy groups -OCH3 is 2. The molecule has 1 amide bonds. The highest BCUT2D eigenvalue weighted by Gasteiger charge is 2.23. The first-order chi connectivity index (χ1) is 13.2. The molecule has 0 fully saturated rings. The first kappa shape index (κ1) is 21.8. The zero-order valence-corrected chi connectivity index (χ0v) is 17.1. The summed E-state index contributed by atoms with van der Waals surface area (Å²) < 4.78 is 49.3. The Morgan fingerprint density at radius 3 is 2.39 bits per heavy atom. The Morgan fingerprint density at radius 2 is 1.82 bits per heavy atom. The summed E-state index contributed by atoms with van der Waals surface area (Å²) in [6.45, 7) is -0.454. The summed E-state index contributed by atoms with van der Waals surface area (Å²) in [7, 11) is -0.898. The highest BCUT2D eigenvalue weighted by Crippen LogP contribution is 2.27. The Balaban J connectivity index is 2.12. The van der Waals surface area contributed by atoms with Gasteiger partial charge in [0, 0.05) is 11.6 Å². The number of nitrogens with zero attached hydrogens (tertiary/aromatic N) is 1. The SMILES string of the molecule is COc1ccc(CNC(=O)CN(c2ccc(Cl)cc2F)S(C)(=O)=O)cc1OC. The van der Waals surface area contributed by atoms with Gasteiger partial charge in [0.15, 0.2) is 11.5 Å². The molecule has 2 rings (SSSR count). The molecule has 0 aromatic heterocycles. The van der Waals surface area contributed by atoms with Crippen LogP contribution in [0.25, 0.3) is 0 Å². The summed E-state index contributed by atoms with van der Waals surface area (Å²) in [6, 6.07) is 8.64. The molecule has 0 atom stereocenters. The van der Waals surface area contributed by atoms with Crippen molar-refractivity contribution in [2.24, 2.45) is 0 Å². The minimum Gasteiger partial charge on any atom is -0.493 e. The Bertz CT molecular complexity index is 968. The van der Waals surface area contributed by atoms with Gasteiger partial charge in [-0.2, -0.15) is 0 Å². The number of carbonyl (C=O) groups excluding carboxylic acids is 1. The largest absolute Gasteiger partial charge is 0.493 e. The van der Waals surface area contributed by atoms with Crippen LogP contribution in [0.5, 0.6) is 11.5 Å². The number of amides is 1. The first-order valence-electron chi connectivity index (χ1n) is 8.06. The van der Waals surface area contributed by atoms with Crippen LogP contribution in [0.3, 0.4) is 0 Å². The number of hydrogen-bond acceptors (Lipinski definition) is 5. The van der Waals surface area contributed by atoms with Crippen molar-refractivity contribution in [3.63, 3.8) is 0 Å². The normalized spacial score (nSPS) is 11.0. The molecule has 0 saturated carbocycles. The molecule has 0 bridgehead atoms. The predicted molar refractivity (Wildman–Crippen MR) is 105 cm³/mol. The van der Waals surface area contributed by atoms with Crippen LogP contribution >= 0.6 is 11.6 Å². The summed E-state index contributed by atoms with van der Waals surface area (Å²) in [5.41, 5.74) is 0.461. The number of benzene rings is 2. The lowest BCUT2D eigenvalue weighted by Crippen LogP contribution is -2.40. The molecule has 2 aromatic carbocycles. The van der Waals surface area contributed by atoms with E-state index in [1.165, 1.54) is 26.4 Å². The number of ether oxygens (including phenoxy) is 2. The van der Waals surface area contributed by atoms with E-state index in [1.54, 1.807) is 18.2 Å². The minimum atomic E-state index is -3.90. The molecule has 0 saturated heterocycles. The summed E-state index contributed by atoms with van der Waals surface area (Å²) in [4.78, 5) is 12.3. The fourth-order valence-electron chi connectivity index (χ4n) is 2.44. The smallest absolute Gasteiger partial charge is 0.241 e. The van der Waals surface area contributed by atoms with E-state index in [0.29, 0.717) is 15.8 Å². The average molecular weight is 431 g/mol. The van der Waals surface area contributed by atoms with Gasteiger partial charge in [-0.25, -0.2) is 12.8 Å². The third-order valence-corrected chi connectivity index (χ3v) is 5.17. The lowest BCUT2D eigenvalue weighted by Gasteiger charge is -2.22. The molecule has 152 valence electrons. The van der Waals surface area contributed by atoms with E-state index >= 15 is 0 Å². The highest BCUT2D eigenvalue weighted by molar-refractivity contribution is 7.92. The van der Waals surface area contributed by atoms with Crippen molar-refractivity contribution in [1.29, 1.82) is 0 Å². The Kier molecular flexibility index (Phi) is 7.09. The molecule has 0 unspecified atom stereocenters. The van der Waals surface area contributed by atoms with Crippen molar-refractivity contribution in [3.05, 3.63) is 52.8 Å². The molecule has 0 aliphatic heterocycles. The summed E-state index contributed by atoms with van der Waals surface area (Å²) >= 11 is 5.70. The molecule has 0 aliphatic rings. The average Bonchev–Trinajstić information content (AvgIpc) is 2.64. The maximum atomic E-state index is 14.1. The molecule has 0 spiro atoms. The number of hydrogen-bond donors (Lipinski definition) is 1.